The van der Waals surface area contributed by atoms with Gasteiger partial charge >= 0.3 is 0 Å². The molecule has 3 rings (SSSR count). The van der Waals surface area contributed by atoms with E-state index in [4.69, 9.17) is 5.10 Å². The predicted octanol–water partition coefficient (Wildman–Crippen LogP) is 4.47. The number of hydrogen-bond acceptors (Lipinski definition) is 3. The first-order chi connectivity index (χ1) is 11.2. The first-order valence-electron chi connectivity index (χ1n) is 8.39. The minimum Gasteiger partial charge on any atom is -0.314 e. The summed E-state index contributed by atoms with van der Waals surface area (Å²) in [4.78, 5) is 1.05. The van der Waals surface area contributed by atoms with Crippen molar-refractivity contribution in [1.82, 2.24) is 15.1 Å². The van der Waals surface area contributed by atoms with E-state index in [1.54, 1.807) is 11.8 Å². The van der Waals surface area contributed by atoms with E-state index in [0.29, 0.717) is 0 Å². The molecule has 0 aliphatic heterocycles. The fraction of sp³-hybridized carbons (Fsp3) is 0.500. The van der Waals surface area contributed by atoms with Gasteiger partial charge in [0.2, 0.25) is 0 Å². The highest BCUT2D eigenvalue weighted by Gasteiger charge is 2.17. The quantitative estimate of drug-likeness (QED) is 0.846. The normalized spacial score (nSPS) is 15.9. The lowest BCUT2D eigenvalue weighted by Crippen LogP contribution is -2.16. The fourth-order valence-electron chi connectivity index (χ4n) is 3.17. The van der Waals surface area contributed by atoms with Gasteiger partial charge < -0.3 is 5.32 Å². The van der Waals surface area contributed by atoms with Crippen LogP contribution in [0.1, 0.15) is 37.8 Å². The van der Waals surface area contributed by atoms with Gasteiger partial charge in [0.25, 0.3) is 0 Å². The molecule has 0 atom stereocenters. The van der Waals surface area contributed by atoms with Crippen molar-refractivity contribution >= 4 is 11.8 Å². The largest absolute Gasteiger partial charge is 0.314 e. The Morgan fingerprint density at radius 1 is 1.22 bits per heavy atom. The molecule has 0 saturated heterocycles. The van der Waals surface area contributed by atoms with Crippen molar-refractivity contribution in [2.75, 3.05) is 7.05 Å². The van der Waals surface area contributed by atoms with Crippen LogP contribution in [0.15, 0.2) is 40.3 Å². The van der Waals surface area contributed by atoms with Gasteiger partial charge in [0.1, 0.15) is 5.82 Å². The van der Waals surface area contributed by atoms with Crippen molar-refractivity contribution in [2.45, 2.75) is 55.1 Å². The van der Waals surface area contributed by atoms with Crippen molar-refractivity contribution in [2.24, 2.45) is 5.92 Å². The maximum Gasteiger partial charge on any atom is 0.123 e. The van der Waals surface area contributed by atoms with Crippen molar-refractivity contribution in [3.05, 3.63) is 41.8 Å². The van der Waals surface area contributed by atoms with Crippen molar-refractivity contribution in [3.63, 3.8) is 0 Å². The highest BCUT2D eigenvalue weighted by molar-refractivity contribution is 7.99. The summed E-state index contributed by atoms with van der Waals surface area (Å²) >= 11 is 1.66. The number of benzene rings is 1. The first-order valence-corrected chi connectivity index (χ1v) is 9.21. The lowest BCUT2D eigenvalue weighted by atomic mass is 9.89. The summed E-state index contributed by atoms with van der Waals surface area (Å²) in [5, 5.41) is 9.08. The van der Waals surface area contributed by atoms with Crippen LogP contribution >= 0.6 is 11.8 Å². The molecule has 1 heterocycles. The Bertz CT molecular complexity index is 618. The van der Waals surface area contributed by atoms with Gasteiger partial charge in [-0.15, -0.1) is 0 Å². The molecule has 1 saturated carbocycles. The van der Waals surface area contributed by atoms with Crippen LogP contribution in [0.2, 0.25) is 0 Å². The summed E-state index contributed by atoms with van der Waals surface area (Å²) in [5.41, 5.74) is 1.06. The minimum atomic E-state index is -0.194. The third-order valence-corrected chi connectivity index (χ3v) is 5.39. The highest BCUT2D eigenvalue weighted by Crippen LogP contribution is 2.31. The summed E-state index contributed by atoms with van der Waals surface area (Å²) in [6, 6.07) is 8.83. The maximum absolute atomic E-state index is 13.1. The third-order valence-electron chi connectivity index (χ3n) is 4.34. The van der Waals surface area contributed by atoms with Crippen LogP contribution in [0.4, 0.5) is 4.39 Å². The number of halogens is 1. The fourth-order valence-corrected chi connectivity index (χ4v) is 4.10. The van der Waals surface area contributed by atoms with E-state index >= 15 is 0 Å². The molecule has 2 aromatic rings. The Labute approximate surface area is 141 Å². The molecule has 1 aliphatic carbocycles. The van der Waals surface area contributed by atoms with Crippen molar-refractivity contribution in [3.8, 4) is 0 Å². The minimum absolute atomic E-state index is 0.194. The topological polar surface area (TPSA) is 29.9 Å². The zero-order valence-corrected chi connectivity index (χ0v) is 14.4. The van der Waals surface area contributed by atoms with E-state index in [1.807, 2.05) is 19.2 Å². The summed E-state index contributed by atoms with van der Waals surface area (Å²) < 4.78 is 15.2. The zero-order valence-electron chi connectivity index (χ0n) is 13.6. The summed E-state index contributed by atoms with van der Waals surface area (Å²) in [6.07, 6.45) is 6.67. The third kappa shape index (κ3) is 4.58. The Balaban J connectivity index is 1.77. The molecule has 3 nitrogen and oxygen atoms in total. The standard InChI is InChI=1S/C18H24FN3S/c1-20-12-16-11-18(23-17-9-7-15(19)8-10-17)22(21-16)13-14-5-3-2-4-6-14/h7-11,14,20H,2-6,12-13H2,1H3. The Morgan fingerprint density at radius 2 is 1.96 bits per heavy atom. The maximum atomic E-state index is 13.1. The van der Waals surface area contributed by atoms with E-state index in [1.165, 1.54) is 44.2 Å². The first kappa shape index (κ1) is 16.5. The molecule has 124 valence electrons. The van der Waals surface area contributed by atoms with E-state index in [9.17, 15) is 4.39 Å². The molecule has 0 spiro atoms. The lowest BCUT2D eigenvalue weighted by molar-refractivity contribution is 0.299. The van der Waals surface area contributed by atoms with Gasteiger partial charge in [-0.25, -0.2) is 4.39 Å². The average Bonchev–Trinajstić information content (AvgIpc) is 2.92. The second-order valence-corrected chi connectivity index (χ2v) is 7.34. The SMILES string of the molecule is CNCc1cc(Sc2ccc(F)cc2)n(CC2CCCCC2)n1. The molecular weight excluding hydrogens is 309 g/mol. The number of nitrogens with one attached hydrogen (secondary N) is 1. The van der Waals surface area contributed by atoms with Gasteiger partial charge in [0.15, 0.2) is 0 Å². The number of nitrogens with zero attached hydrogens (tertiary/aromatic N) is 2. The second-order valence-electron chi connectivity index (χ2n) is 6.25. The van der Waals surface area contributed by atoms with Gasteiger partial charge in [-0.3, -0.25) is 4.68 Å². The summed E-state index contributed by atoms with van der Waals surface area (Å²) in [7, 11) is 1.94. The molecule has 0 radical (unpaired) electrons. The smallest absolute Gasteiger partial charge is 0.123 e. The molecular formula is C18H24FN3S. The van der Waals surface area contributed by atoms with E-state index in [-0.39, 0.29) is 5.82 Å². The van der Waals surface area contributed by atoms with Crippen LogP contribution in [-0.2, 0) is 13.1 Å². The molecule has 1 aromatic carbocycles. The van der Waals surface area contributed by atoms with Crippen LogP contribution in [0, 0.1) is 11.7 Å². The van der Waals surface area contributed by atoms with Crippen LogP contribution in [0.5, 0.6) is 0 Å². The van der Waals surface area contributed by atoms with Crippen molar-refractivity contribution < 1.29 is 4.39 Å². The van der Waals surface area contributed by atoms with E-state index in [0.717, 1.165) is 34.6 Å². The average molecular weight is 333 g/mol. The second kappa shape index (κ2) is 7.97. The Kier molecular flexibility index (Phi) is 5.73. The number of rotatable bonds is 6. The Morgan fingerprint density at radius 3 is 2.65 bits per heavy atom. The molecule has 0 bridgehead atoms. The molecule has 1 fully saturated rings. The number of aromatic nitrogens is 2. The zero-order chi connectivity index (χ0) is 16.1. The van der Waals surface area contributed by atoms with Gasteiger partial charge in [-0.2, -0.15) is 5.10 Å². The molecule has 0 amide bonds. The van der Waals surface area contributed by atoms with E-state index < -0.39 is 0 Å². The Hall–Kier alpha value is -1.33. The molecule has 1 aromatic heterocycles. The molecule has 5 heteroatoms. The van der Waals surface area contributed by atoms with Gasteiger partial charge in [0, 0.05) is 18.0 Å². The van der Waals surface area contributed by atoms with Gasteiger partial charge in [0.05, 0.1) is 10.7 Å². The summed E-state index contributed by atoms with van der Waals surface area (Å²) in [5.74, 6) is 0.541. The molecule has 1 aliphatic rings. The molecule has 0 unspecified atom stereocenters. The van der Waals surface area contributed by atoms with Crippen molar-refractivity contribution in [1.29, 1.82) is 0 Å². The van der Waals surface area contributed by atoms with Crippen LogP contribution in [-0.4, -0.2) is 16.8 Å². The van der Waals surface area contributed by atoms with Crippen LogP contribution in [0.3, 0.4) is 0 Å². The van der Waals surface area contributed by atoms with E-state index in [2.05, 4.69) is 16.1 Å². The van der Waals surface area contributed by atoms with Crippen LogP contribution < -0.4 is 5.32 Å². The summed E-state index contributed by atoms with van der Waals surface area (Å²) in [6.45, 7) is 1.77. The highest BCUT2D eigenvalue weighted by atomic mass is 32.2. The van der Waals surface area contributed by atoms with Gasteiger partial charge in [-0.1, -0.05) is 31.0 Å². The molecule has 1 N–H and O–H groups in total. The lowest BCUT2D eigenvalue weighted by Gasteiger charge is -2.22. The van der Waals surface area contributed by atoms with Gasteiger partial charge in [-0.05, 0) is 56.1 Å². The molecule has 23 heavy (non-hydrogen) atoms. The monoisotopic (exact) mass is 333 g/mol. The predicted molar refractivity (Wildman–Crippen MR) is 92.1 cm³/mol. The van der Waals surface area contributed by atoms with Crippen LogP contribution in [0.25, 0.3) is 0 Å². The number of hydrogen-bond donors (Lipinski definition) is 1.